The summed E-state index contributed by atoms with van der Waals surface area (Å²) in [5, 5.41) is 7.50. The molecule has 1 N–H and O–H groups in total. The fraction of sp³-hybridized carbons (Fsp3) is 0.500. The van der Waals surface area contributed by atoms with Crippen molar-refractivity contribution in [1.29, 1.82) is 0 Å². The van der Waals surface area contributed by atoms with Gasteiger partial charge in [-0.05, 0) is 31.5 Å². The van der Waals surface area contributed by atoms with Crippen molar-refractivity contribution in [3.05, 3.63) is 23.5 Å². The Morgan fingerprint density at radius 1 is 1.62 bits per heavy atom. The van der Waals surface area contributed by atoms with Gasteiger partial charge in [0.1, 0.15) is 0 Å². The van der Waals surface area contributed by atoms with E-state index in [0.717, 1.165) is 13.1 Å². The first-order chi connectivity index (χ1) is 6.36. The highest BCUT2D eigenvalue weighted by molar-refractivity contribution is 5.49. The molecule has 70 valence electrons. The molecule has 0 bridgehead atoms. The monoisotopic (exact) mass is 177 g/mol. The molecule has 1 saturated heterocycles. The molecule has 1 aliphatic heterocycles. The molecule has 0 amide bonds. The molecule has 1 fully saturated rings. The molecule has 2 rings (SSSR count). The molecule has 13 heavy (non-hydrogen) atoms. The fourth-order valence-electron chi connectivity index (χ4n) is 1.64. The Labute approximate surface area is 78.4 Å². The molecule has 0 aliphatic carbocycles. The van der Waals surface area contributed by atoms with E-state index in [1.54, 1.807) is 0 Å². The Morgan fingerprint density at radius 2 is 2.54 bits per heavy atom. The van der Waals surface area contributed by atoms with Gasteiger partial charge in [-0.2, -0.15) is 5.10 Å². The van der Waals surface area contributed by atoms with E-state index in [2.05, 4.69) is 16.5 Å². The SMILES string of the molecule is Cn1nccc1C=C1CCCNC1. The zero-order chi connectivity index (χ0) is 9.10. The Kier molecular flexibility index (Phi) is 2.45. The Hall–Kier alpha value is -1.09. The average Bonchev–Trinajstić information content (AvgIpc) is 2.54. The molecule has 3 nitrogen and oxygen atoms in total. The van der Waals surface area contributed by atoms with Crippen LogP contribution in [0, 0.1) is 0 Å². The maximum atomic E-state index is 4.13. The van der Waals surface area contributed by atoms with Gasteiger partial charge in [-0.15, -0.1) is 0 Å². The van der Waals surface area contributed by atoms with Crippen molar-refractivity contribution in [2.45, 2.75) is 12.8 Å². The van der Waals surface area contributed by atoms with E-state index in [1.807, 2.05) is 24.0 Å². The molecule has 1 aromatic rings. The third kappa shape index (κ3) is 1.98. The fourth-order valence-corrected chi connectivity index (χ4v) is 1.64. The van der Waals surface area contributed by atoms with Gasteiger partial charge in [-0.3, -0.25) is 4.68 Å². The van der Waals surface area contributed by atoms with Crippen molar-refractivity contribution in [1.82, 2.24) is 15.1 Å². The van der Waals surface area contributed by atoms with E-state index in [4.69, 9.17) is 0 Å². The van der Waals surface area contributed by atoms with Gasteiger partial charge in [0.15, 0.2) is 0 Å². The number of nitrogens with one attached hydrogen (secondary N) is 1. The summed E-state index contributed by atoms with van der Waals surface area (Å²) in [5.41, 5.74) is 2.67. The van der Waals surface area contributed by atoms with Crippen LogP contribution >= 0.6 is 0 Å². The number of rotatable bonds is 1. The van der Waals surface area contributed by atoms with Crippen LogP contribution in [0.15, 0.2) is 17.8 Å². The molecule has 0 spiro atoms. The van der Waals surface area contributed by atoms with E-state index in [9.17, 15) is 0 Å². The number of aromatic nitrogens is 2. The molecule has 0 aromatic carbocycles. The predicted octanol–water partition coefficient (Wildman–Crippen LogP) is 1.19. The van der Waals surface area contributed by atoms with Gasteiger partial charge >= 0.3 is 0 Å². The summed E-state index contributed by atoms with van der Waals surface area (Å²) < 4.78 is 1.90. The molecule has 0 atom stereocenters. The molecule has 0 unspecified atom stereocenters. The first-order valence-electron chi connectivity index (χ1n) is 4.74. The van der Waals surface area contributed by atoms with Gasteiger partial charge in [0.2, 0.25) is 0 Å². The molecular weight excluding hydrogens is 162 g/mol. The van der Waals surface area contributed by atoms with Gasteiger partial charge in [-0.25, -0.2) is 0 Å². The number of nitrogens with zero attached hydrogens (tertiary/aromatic N) is 2. The van der Waals surface area contributed by atoms with E-state index in [-0.39, 0.29) is 0 Å². The predicted molar refractivity (Wildman–Crippen MR) is 53.3 cm³/mol. The van der Waals surface area contributed by atoms with E-state index < -0.39 is 0 Å². The Balaban J connectivity index is 2.14. The van der Waals surface area contributed by atoms with Crippen LogP contribution in [0.2, 0.25) is 0 Å². The molecular formula is C10H15N3. The normalized spacial score (nSPS) is 20.8. The van der Waals surface area contributed by atoms with Gasteiger partial charge in [0.25, 0.3) is 0 Å². The van der Waals surface area contributed by atoms with Crippen LogP contribution in [0.25, 0.3) is 6.08 Å². The maximum Gasteiger partial charge on any atom is 0.0606 e. The molecule has 2 heterocycles. The second-order valence-corrected chi connectivity index (χ2v) is 3.46. The summed E-state index contributed by atoms with van der Waals surface area (Å²) in [6.07, 6.45) is 6.55. The van der Waals surface area contributed by atoms with Crippen LogP contribution in [-0.2, 0) is 7.05 Å². The summed E-state index contributed by atoms with van der Waals surface area (Å²) in [5.74, 6) is 0. The highest BCUT2D eigenvalue weighted by atomic mass is 15.2. The molecule has 0 saturated carbocycles. The third-order valence-electron chi connectivity index (χ3n) is 2.41. The van der Waals surface area contributed by atoms with Crippen LogP contribution < -0.4 is 5.32 Å². The first kappa shape index (κ1) is 8.51. The number of piperidine rings is 1. The second kappa shape index (κ2) is 3.75. The number of aryl methyl sites for hydroxylation is 1. The van der Waals surface area contributed by atoms with Gasteiger partial charge in [0.05, 0.1) is 5.69 Å². The van der Waals surface area contributed by atoms with E-state index in [0.29, 0.717) is 0 Å². The lowest BCUT2D eigenvalue weighted by atomic mass is 10.1. The van der Waals surface area contributed by atoms with Crippen LogP contribution in [0.1, 0.15) is 18.5 Å². The smallest absolute Gasteiger partial charge is 0.0606 e. The maximum absolute atomic E-state index is 4.13. The highest BCUT2D eigenvalue weighted by Crippen LogP contribution is 2.12. The lowest BCUT2D eigenvalue weighted by Gasteiger charge is -2.15. The van der Waals surface area contributed by atoms with Crippen molar-refractivity contribution in [2.24, 2.45) is 7.05 Å². The highest BCUT2D eigenvalue weighted by Gasteiger charge is 2.04. The summed E-state index contributed by atoms with van der Waals surface area (Å²) in [6.45, 7) is 2.19. The van der Waals surface area contributed by atoms with Gasteiger partial charge in [-0.1, -0.05) is 5.57 Å². The van der Waals surface area contributed by atoms with Crippen molar-refractivity contribution >= 4 is 6.08 Å². The second-order valence-electron chi connectivity index (χ2n) is 3.46. The van der Waals surface area contributed by atoms with Crippen molar-refractivity contribution < 1.29 is 0 Å². The summed E-state index contributed by atoms with van der Waals surface area (Å²) in [6, 6.07) is 2.04. The third-order valence-corrected chi connectivity index (χ3v) is 2.41. The van der Waals surface area contributed by atoms with Crippen LogP contribution in [0.5, 0.6) is 0 Å². The zero-order valence-corrected chi connectivity index (χ0v) is 7.95. The quantitative estimate of drug-likeness (QED) is 0.698. The zero-order valence-electron chi connectivity index (χ0n) is 7.95. The van der Waals surface area contributed by atoms with Crippen molar-refractivity contribution in [3.63, 3.8) is 0 Å². The number of hydrogen-bond donors (Lipinski definition) is 1. The summed E-state index contributed by atoms with van der Waals surface area (Å²) in [4.78, 5) is 0. The van der Waals surface area contributed by atoms with Gasteiger partial charge < -0.3 is 5.32 Å². The van der Waals surface area contributed by atoms with Crippen LogP contribution in [0.4, 0.5) is 0 Å². The molecule has 1 aliphatic rings. The van der Waals surface area contributed by atoms with Crippen LogP contribution in [0.3, 0.4) is 0 Å². The standard InChI is InChI=1S/C10H15N3/c1-13-10(4-6-12-13)7-9-3-2-5-11-8-9/h4,6-7,11H,2-3,5,8H2,1H3. The lowest BCUT2D eigenvalue weighted by Crippen LogP contribution is -2.23. The summed E-state index contributed by atoms with van der Waals surface area (Å²) in [7, 11) is 1.97. The minimum Gasteiger partial charge on any atom is -0.313 e. The molecule has 3 heteroatoms. The minimum absolute atomic E-state index is 1.03. The minimum atomic E-state index is 1.03. The average molecular weight is 177 g/mol. The van der Waals surface area contributed by atoms with Crippen LogP contribution in [-0.4, -0.2) is 22.9 Å². The Bertz CT molecular complexity index is 304. The lowest BCUT2D eigenvalue weighted by molar-refractivity contribution is 0.612. The first-order valence-corrected chi connectivity index (χ1v) is 4.74. The molecule has 0 radical (unpaired) electrons. The van der Waals surface area contributed by atoms with Crippen molar-refractivity contribution in [2.75, 3.05) is 13.1 Å². The topological polar surface area (TPSA) is 29.9 Å². The Morgan fingerprint density at radius 3 is 3.15 bits per heavy atom. The molecule has 1 aromatic heterocycles. The number of hydrogen-bond acceptors (Lipinski definition) is 2. The largest absolute Gasteiger partial charge is 0.313 e. The van der Waals surface area contributed by atoms with E-state index >= 15 is 0 Å². The summed E-state index contributed by atoms with van der Waals surface area (Å²) >= 11 is 0. The van der Waals surface area contributed by atoms with Crippen molar-refractivity contribution in [3.8, 4) is 0 Å². The van der Waals surface area contributed by atoms with E-state index in [1.165, 1.54) is 24.1 Å². The van der Waals surface area contributed by atoms with Gasteiger partial charge in [0, 0.05) is 19.8 Å².